The third kappa shape index (κ3) is 1.91. The van der Waals surface area contributed by atoms with Gasteiger partial charge in [-0.15, -0.1) is 0 Å². The molecule has 0 spiro atoms. The molecule has 0 bridgehead atoms. The SMILES string of the molecule is CC(C)CN(C)c1ncnc2nc[nH]c12. The third-order valence-corrected chi connectivity index (χ3v) is 2.20. The van der Waals surface area contributed by atoms with Crippen molar-refractivity contribution in [2.45, 2.75) is 13.8 Å². The molecule has 0 aromatic carbocycles. The van der Waals surface area contributed by atoms with E-state index in [1.165, 1.54) is 0 Å². The number of imidazole rings is 1. The maximum atomic E-state index is 4.28. The number of aromatic nitrogens is 4. The molecule has 0 unspecified atom stereocenters. The normalized spacial score (nSPS) is 11.2. The first kappa shape index (κ1) is 9.89. The van der Waals surface area contributed by atoms with E-state index in [0.29, 0.717) is 5.92 Å². The second-order valence-corrected chi connectivity index (χ2v) is 4.07. The zero-order valence-corrected chi connectivity index (χ0v) is 9.23. The number of hydrogen-bond donors (Lipinski definition) is 1. The fraction of sp³-hybridized carbons (Fsp3) is 0.500. The van der Waals surface area contributed by atoms with Crippen LogP contribution in [-0.2, 0) is 0 Å². The number of nitrogens with one attached hydrogen (secondary N) is 1. The molecule has 2 aromatic heterocycles. The number of H-pyrrole nitrogens is 1. The highest BCUT2D eigenvalue weighted by molar-refractivity contribution is 5.82. The highest BCUT2D eigenvalue weighted by Crippen LogP contribution is 2.18. The van der Waals surface area contributed by atoms with Crippen LogP contribution in [0.3, 0.4) is 0 Å². The van der Waals surface area contributed by atoms with Crippen LogP contribution in [0.1, 0.15) is 13.8 Å². The zero-order valence-electron chi connectivity index (χ0n) is 9.23. The molecule has 0 radical (unpaired) electrons. The minimum Gasteiger partial charge on any atom is -0.358 e. The Kier molecular flexibility index (Phi) is 2.53. The van der Waals surface area contributed by atoms with Crippen LogP contribution >= 0.6 is 0 Å². The first-order valence-electron chi connectivity index (χ1n) is 5.03. The molecule has 0 saturated heterocycles. The van der Waals surface area contributed by atoms with Gasteiger partial charge in [0.05, 0.1) is 6.33 Å². The molecule has 0 fully saturated rings. The van der Waals surface area contributed by atoms with Gasteiger partial charge in [-0.05, 0) is 5.92 Å². The Morgan fingerprint density at radius 3 is 2.87 bits per heavy atom. The van der Waals surface area contributed by atoms with Crippen LogP contribution in [-0.4, -0.2) is 33.5 Å². The lowest BCUT2D eigenvalue weighted by Crippen LogP contribution is -2.23. The molecule has 80 valence electrons. The lowest BCUT2D eigenvalue weighted by Gasteiger charge is -2.20. The lowest BCUT2D eigenvalue weighted by atomic mass is 10.2. The second kappa shape index (κ2) is 3.84. The Balaban J connectivity index is 2.38. The van der Waals surface area contributed by atoms with Gasteiger partial charge in [0.1, 0.15) is 11.8 Å². The van der Waals surface area contributed by atoms with Crippen molar-refractivity contribution in [1.29, 1.82) is 0 Å². The van der Waals surface area contributed by atoms with Crippen molar-refractivity contribution in [3.63, 3.8) is 0 Å². The maximum absolute atomic E-state index is 4.28. The summed E-state index contributed by atoms with van der Waals surface area (Å²) in [5, 5.41) is 0. The first-order chi connectivity index (χ1) is 7.18. The number of nitrogens with zero attached hydrogens (tertiary/aromatic N) is 4. The van der Waals surface area contributed by atoms with Crippen molar-refractivity contribution in [3.05, 3.63) is 12.7 Å². The second-order valence-electron chi connectivity index (χ2n) is 4.07. The third-order valence-electron chi connectivity index (χ3n) is 2.20. The minimum absolute atomic E-state index is 0.600. The number of anilines is 1. The molecule has 2 aromatic rings. The van der Waals surface area contributed by atoms with Crippen LogP contribution in [0.25, 0.3) is 11.2 Å². The summed E-state index contributed by atoms with van der Waals surface area (Å²) >= 11 is 0. The van der Waals surface area contributed by atoms with E-state index >= 15 is 0 Å². The van der Waals surface area contributed by atoms with E-state index in [2.05, 4.69) is 38.7 Å². The van der Waals surface area contributed by atoms with E-state index in [1.807, 2.05) is 7.05 Å². The van der Waals surface area contributed by atoms with Crippen molar-refractivity contribution >= 4 is 17.0 Å². The summed E-state index contributed by atoms with van der Waals surface area (Å²) in [6, 6.07) is 0. The first-order valence-corrected chi connectivity index (χ1v) is 5.03. The molecule has 0 amide bonds. The van der Waals surface area contributed by atoms with Crippen LogP contribution < -0.4 is 4.90 Å². The molecule has 0 aliphatic rings. The Morgan fingerprint density at radius 1 is 1.33 bits per heavy atom. The number of rotatable bonds is 3. The van der Waals surface area contributed by atoms with Crippen molar-refractivity contribution < 1.29 is 0 Å². The maximum Gasteiger partial charge on any atom is 0.182 e. The lowest BCUT2D eigenvalue weighted by molar-refractivity contribution is 0.635. The summed E-state index contributed by atoms with van der Waals surface area (Å²) < 4.78 is 0. The number of aromatic amines is 1. The van der Waals surface area contributed by atoms with Crippen LogP contribution in [0.15, 0.2) is 12.7 Å². The van der Waals surface area contributed by atoms with Gasteiger partial charge in [-0.1, -0.05) is 13.8 Å². The van der Waals surface area contributed by atoms with Crippen molar-refractivity contribution in [2.75, 3.05) is 18.5 Å². The Labute approximate surface area is 88.6 Å². The summed E-state index contributed by atoms with van der Waals surface area (Å²) in [6.45, 7) is 5.33. The van der Waals surface area contributed by atoms with Gasteiger partial charge in [0.25, 0.3) is 0 Å². The summed E-state index contributed by atoms with van der Waals surface area (Å²) in [6.07, 6.45) is 3.20. The van der Waals surface area contributed by atoms with Gasteiger partial charge >= 0.3 is 0 Å². The van der Waals surface area contributed by atoms with Gasteiger partial charge in [0, 0.05) is 13.6 Å². The van der Waals surface area contributed by atoms with Gasteiger partial charge in [0.2, 0.25) is 0 Å². The highest BCUT2D eigenvalue weighted by Gasteiger charge is 2.10. The molecule has 2 heterocycles. The molecular weight excluding hydrogens is 190 g/mol. The molecule has 15 heavy (non-hydrogen) atoms. The molecule has 1 N–H and O–H groups in total. The predicted molar refractivity (Wildman–Crippen MR) is 59.8 cm³/mol. The Bertz CT molecular complexity index is 448. The number of hydrogen-bond acceptors (Lipinski definition) is 4. The molecule has 5 heteroatoms. The molecule has 0 aliphatic heterocycles. The predicted octanol–water partition coefficient (Wildman–Crippen LogP) is 1.45. The Morgan fingerprint density at radius 2 is 2.13 bits per heavy atom. The molecule has 2 rings (SSSR count). The van der Waals surface area contributed by atoms with E-state index in [1.54, 1.807) is 12.7 Å². The summed E-state index contributed by atoms with van der Waals surface area (Å²) in [7, 11) is 2.03. The van der Waals surface area contributed by atoms with Gasteiger partial charge in [-0.2, -0.15) is 0 Å². The minimum atomic E-state index is 0.600. The van der Waals surface area contributed by atoms with Crippen LogP contribution in [0, 0.1) is 5.92 Å². The van der Waals surface area contributed by atoms with Crippen LogP contribution in [0.5, 0.6) is 0 Å². The quantitative estimate of drug-likeness (QED) is 0.823. The van der Waals surface area contributed by atoms with E-state index < -0.39 is 0 Å². The van der Waals surface area contributed by atoms with Gasteiger partial charge in [-0.25, -0.2) is 15.0 Å². The van der Waals surface area contributed by atoms with E-state index in [-0.39, 0.29) is 0 Å². The van der Waals surface area contributed by atoms with Gasteiger partial charge in [0.15, 0.2) is 11.5 Å². The smallest absolute Gasteiger partial charge is 0.182 e. The molecular formula is C10H15N5. The fourth-order valence-corrected chi connectivity index (χ4v) is 1.68. The van der Waals surface area contributed by atoms with E-state index in [4.69, 9.17) is 0 Å². The topological polar surface area (TPSA) is 57.7 Å². The highest BCUT2D eigenvalue weighted by atomic mass is 15.2. The largest absolute Gasteiger partial charge is 0.358 e. The van der Waals surface area contributed by atoms with Crippen molar-refractivity contribution in [2.24, 2.45) is 5.92 Å². The zero-order chi connectivity index (χ0) is 10.8. The molecule has 0 saturated carbocycles. The Hall–Kier alpha value is -1.65. The van der Waals surface area contributed by atoms with E-state index in [0.717, 1.165) is 23.5 Å². The van der Waals surface area contributed by atoms with Gasteiger partial charge < -0.3 is 9.88 Å². The fourth-order valence-electron chi connectivity index (χ4n) is 1.68. The molecule has 0 atom stereocenters. The summed E-state index contributed by atoms with van der Waals surface area (Å²) in [5.41, 5.74) is 1.62. The van der Waals surface area contributed by atoms with E-state index in [9.17, 15) is 0 Å². The standard InChI is InChI=1S/C10H15N5/c1-7(2)4-15(3)10-8-9(12-5-11-8)13-6-14-10/h5-7H,4H2,1-3H3,(H,11,12,13,14). The average molecular weight is 205 g/mol. The van der Waals surface area contributed by atoms with Gasteiger partial charge in [-0.3, -0.25) is 0 Å². The monoisotopic (exact) mass is 205 g/mol. The van der Waals surface area contributed by atoms with Crippen LogP contribution in [0.2, 0.25) is 0 Å². The molecule has 0 aliphatic carbocycles. The van der Waals surface area contributed by atoms with Crippen molar-refractivity contribution in [3.8, 4) is 0 Å². The molecule has 5 nitrogen and oxygen atoms in total. The summed E-state index contributed by atoms with van der Waals surface area (Å²) in [4.78, 5) is 17.6. The summed E-state index contributed by atoms with van der Waals surface area (Å²) in [5.74, 6) is 1.51. The average Bonchev–Trinajstić information content (AvgIpc) is 2.63. The van der Waals surface area contributed by atoms with Crippen LogP contribution in [0.4, 0.5) is 5.82 Å². The number of fused-ring (bicyclic) bond motifs is 1. The van der Waals surface area contributed by atoms with Crippen molar-refractivity contribution in [1.82, 2.24) is 19.9 Å².